The maximum Gasteiger partial charge on any atom is 0.251 e. The van der Waals surface area contributed by atoms with Crippen molar-refractivity contribution < 1.29 is 85.8 Å². The zero-order valence-corrected chi connectivity index (χ0v) is 74.8. The maximum atomic E-state index is 13.6. The Morgan fingerprint density at radius 3 is 0.977 bits per heavy atom. The fraction of sp³-hybridized carbons (Fsp3) is 0.214. The van der Waals surface area contributed by atoms with Crippen molar-refractivity contribution in [1.29, 1.82) is 0 Å². The van der Waals surface area contributed by atoms with Crippen LogP contribution in [0.1, 0.15) is 75.6 Å². The third-order valence-corrected chi connectivity index (χ3v) is 22.6. The number of hydrogen-bond donors (Lipinski definition) is 8. The van der Waals surface area contributed by atoms with Crippen LogP contribution in [-0.4, -0.2) is 177 Å². The van der Waals surface area contributed by atoms with Crippen molar-refractivity contribution in [2.24, 2.45) is 0 Å². The summed E-state index contributed by atoms with van der Waals surface area (Å²) in [6.45, 7) is 5.14. The highest BCUT2D eigenvalue weighted by Gasteiger charge is 2.35. The summed E-state index contributed by atoms with van der Waals surface area (Å²) in [5.74, 6) is 3.07. The lowest BCUT2D eigenvalue weighted by molar-refractivity contribution is -0.137. The molecule has 133 heavy (non-hydrogen) atoms. The van der Waals surface area contributed by atoms with Gasteiger partial charge in [-0.2, -0.15) is 0 Å². The lowest BCUT2D eigenvalue weighted by Crippen LogP contribution is -2.43. The van der Waals surface area contributed by atoms with E-state index in [-0.39, 0.29) is 85.8 Å². The van der Waals surface area contributed by atoms with Crippen molar-refractivity contribution in [2.75, 3.05) is 111 Å². The molecule has 11 aromatic carbocycles. The summed E-state index contributed by atoms with van der Waals surface area (Å²) in [4.78, 5) is 133. The van der Waals surface area contributed by atoms with Gasteiger partial charge < -0.3 is 104 Å². The summed E-state index contributed by atoms with van der Waals surface area (Å²) in [5.41, 5.74) is 11.7. The highest BCUT2D eigenvalue weighted by molar-refractivity contribution is 6.03. The highest BCUT2D eigenvalue weighted by Crippen LogP contribution is 2.39. The number of rotatable bonds is 27. The van der Waals surface area contributed by atoms with Gasteiger partial charge in [-0.05, 0) is 149 Å². The van der Waals surface area contributed by atoms with Crippen LogP contribution >= 0.6 is 0 Å². The Morgan fingerprint density at radius 2 is 0.617 bits per heavy atom. The highest BCUT2D eigenvalue weighted by atomic mass is 16.7. The molecule has 30 heteroatoms. The number of hydrogen-bond acceptors (Lipinski definition) is 18. The number of aryl methyl sites for hydroxylation is 1. The van der Waals surface area contributed by atoms with Crippen molar-refractivity contribution >= 4 is 109 Å². The van der Waals surface area contributed by atoms with Crippen LogP contribution in [-0.2, 0) is 62.4 Å². The second-order valence-electron chi connectivity index (χ2n) is 31.5. The second-order valence-corrected chi connectivity index (χ2v) is 31.5. The molecular formula is C103H102N12O18. The number of ether oxygens (including phenoxy) is 9. The zero-order chi connectivity index (χ0) is 93.6. The summed E-state index contributed by atoms with van der Waals surface area (Å²) in [5, 5.41) is 17.1. The van der Waals surface area contributed by atoms with Crippen molar-refractivity contribution in [2.45, 2.75) is 57.3 Å². The third kappa shape index (κ3) is 23.1. The number of amides is 9. The van der Waals surface area contributed by atoms with Gasteiger partial charge in [0.05, 0.1) is 47.1 Å². The number of likely N-dealkylation sites (N-methyl/N-ethyl adjacent to an activating group) is 4. The minimum absolute atomic E-state index is 0.156. The first kappa shape index (κ1) is 92.6. The number of aromatic amines is 3. The van der Waals surface area contributed by atoms with Crippen LogP contribution in [0.25, 0.3) is 32.7 Å². The van der Waals surface area contributed by atoms with E-state index in [0.29, 0.717) is 118 Å². The molecule has 0 bridgehead atoms. The molecule has 0 saturated carbocycles. The summed E-state index contributed by atoms with van der Waals surface area (Å²) in [6, 6.07) is 73.7. The molecule has 4 unspecified atom stereocenters. The van der Waals surface area contributed by atoms with Crippen LogP contribution in [0, 0.1) is 6.92 Å². The van der Waals surface area contributed by atoms with Gasteiger partial charge >= 0.3 is 0 Å². The molecule has 0 saturated heterocycles. The molecule has 682 valence electrons. The molecule has 6 heterocycles. The molecule has 4 atom stereocenters. The first-order chi connectivity index (χ1) is 64.5. The molecule has 3 aliphatic rings. The standard InChI is InChI=1S/C28H27N3O5.C27H25N3O4.C27H27N3O4.C21H23N3O5/c1-31(26(32)15-19-17-29-23-6-4-3-5-22(19)23)27(18-7-10-21(34-2)11-8-18)28(33)30-20-9-12-24-25(16-20)36-14-13-35-24;1-17-7-9-18(10-8-17)26(27(32)29-20-11-12-23-24(14-20)34-16-33-23)30(2)25(31)13-19-15-28-22-6-4-3-5-21(19)22;1-30(25(31)16-19-17-28-24-7-5-4-6-23(19)24)26(18-8-12-21(33-2)13-9-18)27(32)29-20-10-14-22(34-3)15-11-20;1-14(25)22-13-19(26)24(2)20(15-6-4-3-5-7-15)21(27)23-16-8-9-17-18(12-16)29-11-10-28-17/h3-12,16-17,27,29H,13-15H2,1-2H3,(H,30,33);3-12,14-15,26,28H,13,16H2,1-2H3,(H,29,32);4-15,17,26,28H,16H2,1-3H3,(H,29,32);3-9,12,20H,10-11,13H2,1-2H3,(H,22,25)(H,23,27). The van der Waals surface area contributed by atoms with Crippen LogP contribution in [0.3, 0.4) is 0 Å². The van der Waals surface area contributed by atoms with Crippen LogP contribution < -0.4 is 69.2 Å². The van der Waals surface area contributed by atoms with Crippen molar-refractivity contribution in [3.63, 3.8) is 0 Å². The van der Waals surface area contributed by atoms with Gasteiger partial charge in [-0.25, -0.2) is 0 Å². The summed E-state index contributed by atoms with van der Waals surface area (Å²) in [6.07, 6.45) is 6.04. The Labute approximate surface area is 767 Å². The SMILES string of the molecule is CC(=O)NCC(=O)N(C)C(C(=O)Nc1ccc2c(c1)OCCO2)c1ccccc1.COc1ccc(C(C(=O)Nc2ccc3c(c2)OCCO3)N(C)C(=O)Cc2c[nH]c3ccccc23)cc1.COc1ccc(NC(=O)C(c2ccc(OC)cc2)N(C)C(=O)Cc2c[nH]c3ccccc23)cc1.Cc1ccc(C(C(=O)Nc2ccc3c(c2)OCO3)N(C)C(=O)Cc2c[nH]c3ccccc23)cc1. The van der Waals surface area contributed by atoms with Gasteiger partial charge in [-0.1, -0.05) is 139 Å². The number of carbonyl (C=O) groups is 9. The molecule has 0 radical (unpaired) electrons. The molecule has 14 aromatic rings. The molecule has 0 spiro atoms. The lowest BCUT2D eigenvalue weighted by Gasteiger charge is -2.28. The molecule has 8 N–H and O–H groups in total. The lowest BCUT2D eigenvalue weighted by atomic mass is 10.0. The normalized spacial score (nSPS) is 12.7. The number of anilines is 4. The van der Waals surface area contributed by atoms with Crippen molar-refractivity contribution in [1.82, 2.24) is 39.9 Å². The number of aromatic nitrogens is 3. The van der Waals surface area contributed by atoms with Gasteiger partial charge in [0.25, 0.3) is 23.6 Å². The summed E-state index contributed by atoms with van der Waals surface area (Å²) in [7, 11) is 11.3. The first-order valence-corrected chi connectivity index (χ1v) is 42.9. The van der Waals surface area contributed by atoms with Gasteiger partial charge in [0, 0.05) is 127 Å². The molecule has 0 aliphatic carbocycles. The van der Waals surface area contributed by atoms with E-state index in [2.05, 4.69) is 41.5 Å². The van der Waals surface area contributed by atoms with E-state index in [1.54, 1.807) is 194 Å². The molecule has 17 rings (SSSR count). The van der Waals surface area contributed by atoms with E-state index >= 15 is 0 Å². The second kappa shape index (κ2) is 43.5. The minimum Gasteiger partial charge on any atom is -0.497 e. The fourth-order valence-corrected chi connectivity index (χ4v) is 15.5. The van der Waals surface area contributed by atoms with E-state index < -0.39 is 24.2 Å². The molecule has 0 fully saturated rings. The average Bonchev–Trinajstić information content (AvgIpc) is 0.927. The summed E-state index contributed by atoms with van der Waals surface area (Å²) >= 11 is 0. The summed E-state index contributed by atoms with van der Waals surface area (Å²) < 4.78 is 48.7. The van der Waals surface area contributed by atoms with E-state index in [0.717, 1.165) is 60.5 Å². The predicted octanol–water partition coefficient (Wildman–Crippen LogP) is 15.2. The van der Waals surface area contributed by atoms with E-state index in [1.165, 1.54) is 33.6 Å². The fourth-order valence-electron chi connectivity index (χ4n) is 15.5. The topological polar surface area (TPSA) is 357 Å². The average molecular weight is 1800 g/mol. The Morgan fingerprint density at radius 1 is 0.331 bits per heavy atom. The Bertz CT molecular complexity index is 6480. The predicted molar refractivity (Wildman–Crippen MR) is 505 cm³/mol. The molecule has 9 amide bonds. The number of fused-ring (bicyclic) bond motifs is 6. The number of para-hydroxylation sites is 3. The van der Waals surface area contributed by atoms with Crippen molar-refractivity contribution in [3.05, 3.63) is 318 Å². The quantitative estimate of drug-likeness (QED) is 0.0237. The molecule has 3 aliphatic heterocycles. The molecular weight excluding hydrogens is 1690 g/mol. The Hall–Kier alpha value is -16.5. The van der Waals surface area contributed by atoms with E-state index in [1.807, 2.05) is 129 Å². The zero-order valence-electron chi connectivity index (χ0n) is 74.8. The number of nitrogens with one attached hydrogen (secondary N) is 8. The van der Waals surface area contributed by atoms with Crippen LogP contribution in [0.2, 0.25) is 0 Å². The third-order valence-electron chi connectivity index (χ3n) is 22.6. The maximum absolute atomic E-state index is 13.6. The number of benzene rings is 11. The van der Waals surface area contributed by atoms with Gasteiger partial charge in [0.1, 0.15) is 67.8 Å². The van der Waals surface area contributed by atoms with Gasteiger partial charge in [0.15, 0.2) is 34.5 Å². The minimum atomic E-state index is -0.870. The Kier molecular flexibility index (Phi) is 30.3. The monoisotopic (exact) mass is 1790 g/mol. The number of carbonyl (C=O) groups excluding carboxylic acids is 9. The first-order valence-electron chi connectivity index (χ1n) is 42.9. The molecule has 30 nitrogen and oxygen atoms in total. The van der Waals surface area contributed by atoms with Crippen molar-refractivity contribution in [3.8, 4) is 51.7 Å². The van der Waals surface area contributed by atoms with Gasteiger partial charge in [-0.3, -0.25) is 43.2 Å². The van der Waals surface area contributed by atoms with Crippen LogP contribution in [0.5, 0.6) is 51.7 Å². The smallest absolute Gasteiger partial charge is 0.251 e. The molecule has 3 aromatic heterocycles. The van der Waals surface area contributed by atoms with E-state index in [9.17, 15) is 43.2 Å². The van der Waals surface area contributed by atoms with Gasteiger partial charge in [0.2, 0.25) is 36.3 Å². The van der Waals surface area contributed by atoms with E-state index in [4.69, 9.17) is 42.6 Å². The number of H-pyrrole nitrogens is 3. The van der Waals surface area contributed by atoms with Crippen LogP contribution in [0.4, 0.5) is 22.7 Å². The number of methoxy groups -OCH3 is 3. The largest absolute Gasteiger partial charge is 0.497 e. The Balaban J connectivity index is 0.000000143. The number of nitrogens with zero attached hydrogens (tertiary/aromatic N) is 4. The van der Waals surface area contributed by atoms with Gasteiger partial charge in [-0.15, -0.1) is 0 Å². The van der Waals surface area contributed by atoms with Crippen LogP contribution in [0.15, 0.2) is 273 Å².